The van der Waals surface area contributed by atoms with Crippen LogP contribution in [0.1, 0.15) is 22.7 Å². The van der Waals surface area contributed by atoms with Gasteiger partial charge in [0.05, 0.1) is 25.9 Å². The van der Waals surface area contributed by atoms with E-state index >= 15 is 0 Å². The molecule has 7 heteroatoms. The molecule has 1 amide bonds. The summed E-state index contributed by atoms with van der Waals surface area (Å²) < 4.78 is 19.2. The molecule has 0 aromatic heterocycles. The first kappa shape index (κ1) is 21.5. The van der Waals surface area contributed by atoms with Crippen molar-refractivity contribution < 1.29 is 19.0 Å². The smallest absolute Gasteiger partial charge is 0.244 e. The van der Waals surface area contributed by atoms with E-state index in [1.54, 1.807) is 6.07 Å². The Balaban J connectivity index is 1.63. The quantitative estimate of drug-likeness (QED) is 0.678. The van der Waals surface area contributed by atoms with Gasteiger partial charge < -0.3 is 15.2 Å². The number of amides is 1. The SMILES string of the molecule is O=C(/C=C/c1ccc(Cl)cc1F)N[C@H](CO)c1cccc(CN2CCOCC2)c1. The Morgan fingerprint density at radius 2 is 2.07 bits per heavy atom. The Kier molecular flexibility index (Phi) is 7.77. The maximum Gasteiger partial charge on any atom is 0.244 e. The Labute approximate surface area is 174 Å². The number of aliphatic hydroxyl groups is 1. The van der Waals surface area contributed by atoms with Crippen molar-refractivity contribution in [2.75, 3.05) is 32.9 Å². The maximum atomic E-state index is 13.8. The van der Waals surface area contributed by atoms with Crippen molar-refractivity contribution in [1.29, 1.82) is 0 Å². The lowest BCUT2D eigenvalue weighted by Crippen LogP contribution is -2.35. The average molecular weight is 419 g/mol. The molecule has 0 unspecified atom stereocenters. The van der Waals surface area contributed by atoms with Crippen molar-refractivity contribution in [3.63, 3.8) is 0 Å². The van der Waals surface area contributed by atoms with Crippen LogP contribution in [-0.2, 0) is 16.1 Å². The average Bonchev–Trinajstić information content (AvgIpc) is 2.72. The fraction of sp³-hybridized carbons (Fsp3) is 0.318. The molecule has 1 atom stereocenters. The first-order valence-corrected chi connectivity index (χ1v) is 9.86. The summed E-state index contributed by atoms with van der Waals surface area (Å²) >= 11 is 5.73. The highest BCUT2D eigenvalue weighted by atomic mass is 35.5. The number of hydrogen-bond acceptors (Lipinski definition) is 4. The zero-order chi connectivity index (χ0) is 20.6. The van der Waals surface area contributed by atoms with Gasteiger partial charge in [-0.2, -0.15) is 0 Å². The number of aliphatic hydroxyl groups excluding tert-OH is 1. The minimum Gasteiger partial charge on any atom is -0.394 e. The summed E-state index contributed by atoms with van der Waals surface area (Å²) in [5.41, 5.74) is 2.19. The molecule has 29 heavy (non-hydrogen) atoms. The van der Waals surface area contributed by atoms with Crippen molar-refractivity contribution >= 4 is 23.6 Å². The lowest BCUT2D eigenvalue weighted by atomic mass is 10.0. The van der Waals surface area contributed by atoms with Gasteiger partial charge in [-0.25, -0.2) is 4.39 Å². The van der Waals surface area contributed by atoms with Crippen LogP contribution in [0.3, 0.4) is 0 Å². The van der Waals surface area contributed by atoms with Gasteiger partial charge in [-0.3, -0.25) is 9.69 Å². The fourth-order valence-electron chi connectivity index (χ4n) is 3.18. The fourth-order valence-corrected chi connectivity index (χ4v) is 3.34. The minimum atomic E-state index is -0.549. The molecule has 2 aromatic rings. The number of nitrogens with zero attached hydrogens (tertiary/aromatic N) is 1. The number of rotatable bonds is 7. The van der Waals surface area contributed by atoms with E-state index in [1.807, 2.05) is 24.3 Å². The molecule has 1 aliphatic heterocycles. The van der Waals surface area contributed by atoms with Gasteiger partial charge in [-0.15, -0.1) is 0 Å². The monoisotopic (exact) mass is 418 g/mol. The predicted octanol–water partition coefficient (Wildman–Crippen LogP) is 3.17. The third-order valence-corrected chi connectivity index (χ3v) is 4.97. The molecular formula is C22H24ClFN2O3. The Morgan fingerprint density at radius 3 is 2.79 bits per heavy atom. The van der Waals surface area contributed by atoms with Gasteiger partial charge in [0.15, 0.2) is 0 Å². The highest BCUT2D eigenvalue weighted by Gasteiger charge is 2.15. The van der Waals surface area contributed by atoms with Crippen LogP contribution in [0.2, 0.25) is 5.02 Å². The molecule has 154 valence electrons. The van der Waals surface area contributed by atoms with E-state index in [4.69, 9.17) is 16.3 Å². The van der Waals surface area contributed by atoms with Gasteiger partial charge >= 0.3 is 0 Å². The van der Waals surface area contributed by atoms with E-state index in [0.29, 0.717) is 5.02 Å². The van der Waals surface area contributed by atoms with Crippen LogP contribution in [0.5, 0.6) is 0 Å². The van der Waals surface area contributed by atoms with Crippen LogP contribution in [-0.4, -0.2) is 48.8 Å². The molecule has 1 aliphatic rings. The largest absolute Gasteiger partial charge is 0.394 e. The minimum absolute atomic E-state index is 0.240. The van der Waals surface area contributed by atoms with Crippen LogP contribution in [0.4, 0.5) is 4.39 Å². The zero-order valence-corrected chi connectivity index (χ0v) is 16.7. The molecule has 1 heterocycles. The summed E-state index contributed by atoms with van der Waals surface area (Å²) in [5, 5.41) is 12.8. The highest BCUT2D eigenvalue weighted by molar-refractivity contribution is 6.30. The first-order chi connectivity index (χ1) is 14.0. The van der Waals surface area contributed by atoms with Crippen molar-refractivity contribution in [2.45, 2.75) is 12.6 Å². The van der Waals surface area contributed by atoms with Gasteiger partial charge in [0, 0.05) is 36.3 Å². The zero-order valence-electron chi connectivity index (χ0n) is 16.0. The Hall–Kier alpha value is -2.25. The molecule has 2 aromatic carbocycles. The van der Waals surface area contributed by atoms with Crippen LogP contribution in [0, 0.1) is 5.82 Å². The van der Waals surface area contributed by atoms with E-state index in [9.17, 15) is 14.3 Å². The van der Waals surface area contributed by atoms with Crippen molar-refractivity contribution in [3.8, 4) is 0 Å². The number of ether oxygens (including phenoxy) is 1. The third kappa shape index (κ3) is 6.37. The first-order valence-electron chi connectivity index (χ1n) is 9.48. The topological polar surface area (TPSA) is 61.8 Å². The Bertz CT molecular complexity index is 869. The van der Waals surface area contributed by atoms with Gasteiger partial charge in [0.2, 0.25) is 5.91 Å². The van der Waals surface area contributed by atoms with Gasteiger partial charge in [0.25, 0.3) is 0 Å². The van der Waals surface area contributed by atoms with E-state index in [0.717, 1.165) is 44.0 Å². The van der Waals surface area contributed by atoms with Crippen molar-refractivity contribution in [1.82, 2.24) is 10.2 Å². The summed E-state index contributed by atoms with van der Waals surface area (Å²) in [6.07, 6.45) is 2.62. The maximum absolute atomic E-state index is 13.8. The van der Waals surface area contributed by atoms with E-state index in [2.05, 4.69) is 10.2 Å². The Morgan fingerprint density at radius 1 is 1.28 bits per heavy atom. The number of carbonyl (C=O) groups excluding carboxylic acids is 1. The van der Waals surface area contributed by atoms with Crippen LogP contribution in [0.15, 0.2) is 48.5 Å². The van der Waals surface area contributed by atoms with E-state index in [-0.39, 0.29) is 12.2 Å². The normalized spacial score (nSPS) is 16.1. The van der Waals surface area contributed by atoms with Crippen LogP contribution >= 0.6 is 11.6 Å². The second-order valence-electron chi connectivity index (χ2n) is 6.88. The molecule has 0 aliphatic carbocycles. The number of morpholine rings is 1. The number of benzene rings is 2. The molecule has 2 N–H and O–H groups in total. The van der Waals surface area contributed by atoms with Crippen molar-refractivity contribution in [3.05, 3.63) is 76.1 Å². The third-order valence-electron chi connectivity index (χ3n) is 4.74. The molecule has 0 saturated carbocycles. The van der Waals surface area contributed by atoms with Crippen LogP contribution < -0.4 is 5.32 Å². The lowest BCUT2D eigenvalue weighted by Gasteiger charge is -2.27. The summed E-state index contributed by atoms with van der Waals surface area (Å²) in [6.45, 7) is 3.78. The molecule has 5 nitrogen and oxygen atoms in total. The summed E-state index contributed by atoms with van der Waals surface area (Å²) in [4.78, 5) is 14.6. The molecule has 3 rings (SSSR count). The van der Waals surface area contributed by atoms with Gasteiger partial charge in [-0.05, 0) is 29.3 Å². The second kappa shape index (κ2) is 10.5. The van der Waals surface area contributed by atoms with E-state index in [1.165, 1.54) is 24.3 Å². The molecular weight excluding hydrogens is 395 g/mol. The number of halogens is 2. The highest BCUT2D eigenvalue weighted by Crippen LogP contribution is 2.18. The van der Waals surface area contributed by atoms with Crippen LogP contribution in [0.25, 0.3) is 6.08 Å². The molecule has 0 bridgehead atoms. The number of nitrogens with one attached hydrogen (secondary N) is 1. The lowest BCUT2D eigenvalue weighted by molar-refractivity contribution is -0.117. The molecule has 1 fully saturated rings. The van der Waals surface area contributed by atoms with Gasteiger partial charge in [0.1, 0.15) is 5.82 Å². The predicted molar refractivity (Wildman–Crippen MR) is 111 cm³/mol. The molecule has 0 radical (unpaired) electrons. The van der Waals surface area contributed by atoms with Crippen molar-refractivity contribution in [2.24, 2.45) is 0 Å². The summed E-state index contributed by atoms with van der Waals surface area (Å²) in [5.74, 6) is -0.923. The molecule has 0 spiro atoms. The number of hydrogen-bond donors (Lipinski definition) is 2. The second-order valence-corrected chi connectivity index (χ2v) is 7.31. The van der Waals surface area contributed by atoms with E-state index < -0.39 is 17.8 Å². The summed E-state index contributed by atoms with van der Waals surface area (Å²) in [7, 11) is 0. The van der Waals surface area contributed by atoms with Gasteiger partial charge in [-0.1, -0.05) is 41.9 Å². The summed E-state index contributed by atoms with van der Waals surface area (Å²) in [6, 6.07) is 11.5. The number of carbonyl (C=O) groups is 1. The standard InChI is InChI=1S/C22H24ClFN2O3/c23-19-6-4-17(20(24)13-19)5-7-22(28)25-21(15-27)18-3-1-2-16(12-18)14-26-8-10-29-11-9-26/h1-7,12-13,21,27H,8-11,14-15H2,(H,25,28)/b7-5+/t21-/m1/s1. The molecule has 1 saturated heterocycles.